The van der Waals surface area contributed by atoms with E-state index in [1.54, 1.807) is 6.33 Å². The summed E-state index contributed by atoms with van der Waals surface area (Å²) in [6.45, 7) is 0. The zero-order valence-corrected chi connectivity index (χ0v) is 8.38. The van der Waals surface area contributed by atoms with E-state index < -0.39 is 0 Å². The van der Waals surface area contributed by atoms with Crippen molar-refractivity contribution in [2.45, 2.75) is 0 Å². The predicted octanol–water partition coefficient (Wildman–Crippen LogP) is 2.36. The van der Waals surface area contributed by atoms with Gasteiger partial charge in [-0.1, -0.05) is 24.3 Å². The molecule has 0 aliphatic heterocycles. The molecule has 4 rings (SSSR count). The van der Waals surface area contributed by atoms with Gasteiger partial charge in [-0.05, 0) is 17.5 Å². The van der Waals surface area contributed by atoms with Gasteiger partial charge >= 0.3 is 0 Å². The van der Waals surface area contributed by atoms with Crippen molar-refractivity contribution < 1.29 is 0 Å². The van der Waals surface area contributed by atoms with E-state index in [9.17, 15) is 0 Å². The monoisotopic (exact) mass is 208 g/mol. The fraction of sp³-hybridized carbons (Fsp3) is 0. The summed E-state index contributed by atoms with van der Waals surface area (Å²) in [6, 6.07) is 12.5. The zero-order chi connectivity index (χ0) is 10.5. The molecule has 0 bridgehead atoms. The highest BCUT2D eigenvalue weighted by atomic mass is 15.3. The van der Waals surface area contributed by atoms with Gasteiger partial charge in [0.2, 0.25) is 5.78 Å². The second-order valence-electron chi connectivity index (χ2n) is 3.83. The number of rotatable bonds is 0. The van der Waals surface area contributed by atoms with Crippen LogP contribution in [0.25, 0.3) is 27.6 Å². The van der Waals surface area contributed by atoms with E-state index >= 15 is 0 Å². The Bertz CT molecular complexity index is 804. The smallest absolute Gasteiger partial charge is 0.233 e. The van der Waals surface area contributed by atoms with Crippen molar-refractivity contribution in [1.29, 1.82) is 0 Å². The van der Waals surface area contributed by atoms with Gasteiger partial charge in [0.05, 0.1) is 11.0 Å². The minimum Gasteiger partial charge on any atom is -0.323 e. The number of nitrogens with zero attached hydrogens (tertiary/aromatic N) is 3. The molecular formula is C12H8N4. The van der Waals surface area contributed by atoms with Crippen molar-refractivity contribution in [1.82, 2.24) is 19.6 Å². The molecule has 0 aliphatic carbocycles. The minimum absolute atomic E-state index is 0.770. The number of hydrogen-bond acceptors (Lipinski definition) is 2. The molecule has 2 heterocycles. The van der Waals surface area contributed by atoms with Crippen molar-refractivity contribution >= 4 is 27.6 Å². The predicted molar refractivity (Wildman–Crippen MR) is 62.3 cm³/mol. The molecule has 0 saturated heterocycles. The van der Waals surface area contributed by atoms with E-state index in [1.807, 2.05) is 10.5 Å². The highest BCUT2D eigenvalue weighted by Gasteiger charge is 2.06. The quantitative estimate of drug-likeness (QED) is 0.482. The van der Waals surface area contributed by atoms with Crippen molar-refractivity contribution in [2.75, 3.05) is 0 Å². The van der Waals surface area contributed by atoms with Crippen molar-refractivity contribution in [3.8, 4) is 0 Å². The van der Waals surface area contributed by atoms with E-state index in [0.29, 0.717) is 0 Å². The molecule has 2 aromatic heterocycles. The van der Waals surface area contributed by atoms with Crippen LogP contribution >= 0.6 is 0 Å². The van der Waals surface area contributed by atoms with Crippen LogP contribution in [0.2, 0.25) is 0 Å². The lowest BCUT2D eigenvalue weighted by Gasteiger charge is -2.06. The summed E-state index contributed by atoms with van der Waals surface area (Å²) in [7, 11) is 0. The highest BCUT2D eigenvalue weighted by molar-refractivity contribution is 6.07. The fourth-order valence-corrected chi connectivity index (χ4v) is 2.24. The number of aromatic nitrogens is 4. The summed E-state index contributed by atoms with van der Waals surface area (Å²) in [5.41, 5.74) is 2.22. The average Bonchev–Trinajstić information content (AvgIpc) is 2.78. The lowest BCUT2D eigenvalue weighted by atomic mass is 10.1. The molecule has 0 saturated carbocycles. The molecule has 0 radical (unpaired) electrons. The minimum atomic E-state index is 0.770. The largest absolute Gasteiger partial charge is 0.323 e. The van der Waals surface area contributed by atoms with Gasteiger partial charge in [-0.25, -0.2) is 0 Å². The summed E-state index contributed by atoms with van der Waals surface area (Å²) in [4.78, 5) is 3.27. The molecule has 4 nitrogen and oxygen atoms in total. The Morgan fingerprint density at radius 2 is 1.94 bits per heavy atom. The maximum Gasteiger partial charge on any atom is 0.233 e. The summed E-state index contributed by atoms with van der Waals surface area (Å²) in [5.74, 6) is 0.770. The molecule has 76 valence electrons. The third-order valence-corrected chi connectivity index (χ3v) is 2.94. The van der Waals surface area contributed by atoms with Crippen LogP contribution in [0.4, 0.5) is 0 Å². The zero-order valence-electron chi connectivity index (χ0n) is 8.38. The summed E-state index contributed by atoms with van der Waals surface area (Å²) in [6.07, 6.45) is 1.73. The van der Waals surface area contributed by atoms with Gasteiger partial charge in [0.25, 0.3) is 0 Å². The lowest BCUT2D eigenvalue weighted by Crippen LogP contribution is -1.92. The lowest BCUT2D eigenvalue weighted by molar-refractivity contribution is 1.10. The Kier molecular flexibility index (Phi) is 1.28. The number of fused-ring (bicyclic) bond motifs is 2. The van der Waals surface area contributed by atoms with Crippen LogP contribution < -0.4 is 0 Å². The van der Waals surface area contributed by atoms with E-state index in [0.717, 1.165) is 16.8 Å². The first-order valence-corrected chi connectivity index (χ1v) is 5.13. The molecule has 16 heavy (non-hydrogen) atoms. The van der Waals surface area contributed by atoms with E-state index in [2.05, 4.69) is 45.5 Å². The number of aromatic amines is 1. The van der Waals surface area contributed by atoms with Gasteiger partial charge in [-0.15, -0.1) is 10.2 Å². The Balaban J connectivity index is 2.48. The molecule has 4 heteroatoms. The summed E-state index contributed by atoms with van der Waals surface area (Å²) < 4.78 is 1.97. The van der Waals surface area contributed by atoms with Crippen molar-refractivity contribution in [3.05, 3.63) is 42.7 Å². The highest BCUT2D eigenvalue weighted by Crippen LogP contribution is 2.25. The van der Waals surface area contributed by atoms with Crippen LogP contribution in [-0.2, 0) is 0 Å². The van der Waals surface area contributed by atoms with Gasteiger partial charge in [0.1, 0.15) is 6.33 Å². The normalized spacial score (nSPS) is 11.8. The SMILES string of the molecule is c1cc2cccc3c2c(c1)[nH]c1nncn13. The molecular weight excluding hydrogens is 200 g/mol. The molecule has 1 N–H and O–H groups in total. The van der Waals surface area contributed by atoms with Crippen LogP contribution in [0.1, 0.15) is 0 Å². The Morgan fingerprint density at radius 3 is 2.88 bits per heavy atom. The Hall–Kier alpha value is -2.36. The van der Waals surface area contributed by atoms with Crippen molar-refractivity contribution in [3.63, 3.8) is 0 Å². The first-order valence-electron chi connectivity index (χ1n) is 5.13. The molecule has 0 amide bonds. The molecule has 0 atom stereocenters. The van der Waals surface area contributed by atoms with Crippen LogP contribution in [0.5, 0.6) is 0 Å². The van der Waals surface area contributed by atoms with Gasteiger partial charge < -0.3 is 4.98 Å². The molecule has 0 aliphatic rings. The maximum absolute atomic E-state index is 4.04. The standard InChI is InChI=1S/C12H8N4/c1-3-8-4-2-6-10-11(8)9(5-1)14-12-15-13-7-16(10)12/h1-7H,(H,14,15). The van der Waals surface area contributed by atoms with E-state index in [4.69, 9.17) is 0 Å². The first kappa shape index (κ1) is 7.87. The second kappa shape index (κ2) is 2.61. The number of nitrogens with one attached hydrogen (secondary N) is 1. The molecule has 4 aromatic rings. The molecule has 0 fully saturated rings. The van der Waals surface area contributed by atoms with Gasteiger partial charge in [-0.3, -0.25) is 4.40 Å². The first-order chi connectivity index (χ1) is 7.93. The van der Waals surface area contributed by atoms with E-state index in [-0.39, 0.29) is 0 Å². The van der Waals surface area contributed by atoms with Gasteiger partial charge in [-0.2, -0.15) is 0 Å². The maximum atomic E-state index is 4.04. The van der Waals surface area contributed by atoms with Crippen LogP contribution in [0.3, 0.4) is 0 Å². The number of benzene rings is 2. The molecule has 0 unspecified atom stereocenters. The third kappa shape index (κ3) is 0.839. The Morgan fingerprint density at radius 1 is 1.06 bits per heavy atom. The fourth-order valence-electron chi connectivity index (χ4n) is 2.24. The van der Waals surface area contributed by atoms with Gasteiger partial charge in [0.15, 0.2) is 0 Å². The summed E-state index contributed by atoms with van der Waals surface area (Å²) in [5, 5.41) is 10.4. The van der Waals surface area contributed by atoms with E-state index in [1.165, 1.54) is 10.8 Å². The average molecular weight is 208 g/mol. The van der Waals surface area contributed by atoms with Crippen LogP contribution in [-0.4, -0.2) is 19.6 Å². The number of H-pyrrole nitrogens is 1. The second-order valence-corrected chi connectivity index (χ2v) is 3.83. The summed E-state index contributed by atoms with van der Waals surface area (Å²) >= 11 is 0. The third-order valence-electron chi connectivity index (χ3n) is 2.94. The number of hydrogen-bond donors (Lipinski definition) is 1. The van der Waals surface area contributed by atoms with Crippen LogP contribution in [0, 0.1) is 0 Å². The Labute approximate surface area is 90.5 Å². The van der Waals surface area contributed by atoms with Gasteiger partial charge in [0, 0.05) is 5.39 Å². The molecule has 2 aromatic carbocycles. The van der Waals surface area contributed by atoms with Crippen LogP contribution in [0.15, 0.2) is 42.7 Å². The topological polar surface area (TPSA) is 46.0 Å². The molecule has 0 spiro atoms. The van der Waals surface area contributed by atoms with Crippen molar-refractivity contribution in [2.24, 2.45) is 0 Å².